The third-order valence-corrected chi connectivity index (χ3v) is 5.32. The molecule has 0 aliphatic carbocycles. The first-order chi connectivity index (χ1) is 14.9. The van der Waals surface area contributed by atoms with Gasteiger partial charge >= 0.3 is 6.03 Å². The number of hydrazone groups is 1. The Morgan fingerprint density at radius 1 is 1.26 bits per heavy atom. The number of nitrogens with one attached hydrogen (secondary N) is 1. The molecule has 2 aromatic carbocycles. The van der Waals surface area contributed by atoms with Crippen LogP contribution in [0.25, 0.3) is 0 Å². The number of hydrogen-bond acceptors (Lipinski definition) is 4. The summed E-state index contributed by atoms with van der Waals surface area (Å²) in [6, 6.07) is 14.4. The van der Waals surface area contributed by atoms with Gasteiger partial charge in [-0.2, -0.15) is 5.10 Å². The number of hydrogen-bond donors (Lipinski definition) is 1. The smallest absolute Gasteiger partial charge is 0.317 e. The molecule has 1 aliphatic rings. The lowest BCUT2D eigenvalue weighted by molar-refractivity contribution is -0.133. The van der Waals surface area contributed by atoms with Gasteiger partial charge in [-0.3, -0.25) is 4.79 Å². The third kappa shape index (κ3) is 5.55. The van der Waals surface area contributed by atoms with Crippen molar-refractivity contribution in [1.82, 2.24) is 15.2 Å². The molecule has 31 heavy (non-hydrogen) atoms. The number of carbonyl (C=O) groups is 2. The van der Waals surface area contributed by atoms with Crippen molar-refractivity contribution >= 4 is 29.3 Å². The second-order valence-corrected chi connectivity index (χ2v) is 7.81. The van der Waals surface area contributed by atoms with Crippen molar-refractivity contribution in [3.05, 3.63) is 64.7 Å². The maximum atomic E-state index is 13.1. The lowest BCUT2D eigenvalue weighted by atomic mass is 9.98. The first-order valence-electron chi connectivity index (χ1n) is 10.2. The number of urea groups is 1. The molecule has 2 aromatic rings. The summed E-state index contributed by atoms with van der Waals surface area (Å²) >= 11 is 6.05. The predicted octanol–water partition coefficient (Wildman–Crippen LogP) is 4.08. The summed E-state index contributed by atoms with van der Waals surface area (Å²) in [4.78, 5) is 26.7. The molecule has 1 unspecified atom stereocenters. The van der Waals surface area contributed by atoms with Crippen LogP contribution in [0.1, 0.15) is 36.9 Å². The van der Waals surface area contributed by atoms with Gasteiger partial charge < -0.3 is 15.0 Å². The van der Waals surface area contributed by atoms with Crippen LogP contribution in [0.15, 0.2) is 53.6 Å². The van der Waals surface area contributed by atoms with E-state index in [1.165, 1.54) is 9.91 Å². The number of methoxy groups -OCH3 is 1. The van der Waals surface area contributed by atoms with Gasteiger partial charge in [-0.05, 0) is 36.2 Å². The SMILES string of the molecule is CCCNC(=O)N(C)CC(=O)N1N=C(c2cccc(OC)c2)CC1c1ccc(Cl)cc1. The van der Waals surface area contributed by atoms with Crippen molar-refractivity contribution < 1.29 is 14.3 Å². The van der Waals surface area contributed by atoms with Gasteiger partial charge in [0.15, 0.2) is 0 Å². The summed E-state index contributed by atoms with van der Waals surface area (Å²) in [6.45, 7) is 2.46. The van der Waals surface area contributed by atoms with Crippen LogP contribution in [-0.4, -0.2) is 54.8 Å². The molecule has 0 bridgehead atoms. The number of ether oxygens (including phenoxy) is 1. The van der Waals surface area contributed by atoms with Gasteiger partial charge in [0.25, 0.3) is 5.91 Å². The monoisotopic (exact) mass is 442 g/mol. The fourth-order valence-electron chi connectivity index (χ4n) is 3.38. The molecule has 3 rings (SSSR count). The van der Waals surface area contributed by atoms with Gasteiger partial charge in [-0.25, -0.2) is 9.80 Å². The topological polar surface area (TPSA) is 74.2 Å². The van der Waals surface area contributed by atoms with E-state index in [2.05, 4.69) is 10.4 Å². The van der Waals surface area contributed by atoms with Crippen LogP contribution in [0.2, 0.25) is 5.02 Å². The fourth-order valence-corrected chi connectivity index (χ4v) is 3.50. The van der Waals surface area contributed by atoms with Crippen LogP contribution in [-0.2, 0) is 4.79 Å². The van der Waals surface area contributed by atoms with Crippen LogP contribution in [0.4, 0.5) is 4.79 Å². The average Bonchev–Trinajstić information content (AvgIpc) is 3.23. The highest BCUT2D eigenvalue weighted by atomic mass is 35.5. The Morgan fingerprint density at radius 2 is 2.00 bits per heavy atom. The second-order valence-electron chi connectivity index (χ2n) is 7.38. The Labute approximate surface area is 187 Å². The molecular weight excluding hydrogens is 416 g/mol. The van der Waals surface area contributed by atoms with Crippen molar-refractivity contribution in [3.8, 4) is 5.75 Å². The van der Waals surface area contributed by atoms with Crippen LogP contribution in [0.5, 0.6) is 5.75 Å². The number of nitrogens with zero attached hydrogens (tertiary/aromatic N) is 3. The summed E-state index contributed by atoms with van der Waals surface area (Å²) < 4.78 is 5.32. The normalized spacial score (nSPS) is 15.4. The highest BCUT2D eigenvalue weighted by molar-refractivity contribution is 6.30. The van der Waals surface area contributed by atoms with Gasteiger partial charge in [-0.1, -0.05) is 42.8 Å². The number of rotatable bonds is 7. The zero-order valence-corrected chi connectivity index (χ0v) is 18.7. The van der Waals surface area contributed by atoms with E-state index >= 15 is 0 Å². The number of benzene rings is 2. The van der Waals surface area contributed by atoms with Gasteiger partial charge in [0.2, 0.25) is 0 Å². The van der Waals surface area contributed by atoms with Crippen molar-refractivity contribution in [3.63, 3.8) is 0 Å². The van der Waals surface area contributed by atoms with E-state index < -0.39 is 0 Å². The quantitative estimate of drug-likeness (QED) is 0.702. The zero-order chi connectivity index (χ0) is 22.4. The Kier molecular flexibility index (Phi) is 7.52. The Morgan fingerprint density at radius 3 is 2.68 bits per heavy atom. The van der Waals surface area contributed by atoms with E-state index in [0.29, 0.717) is 18.0 Å². The van der Waals surface area contributed by atoms with E-state index in [4.69, 9.17) is 16.3 Å². The molecule has 164 valence electrons. The van der Waals surface area contributed by atoms with Crippen molar-refractivity contribution in [2.24, 2.45) is 5.10 Å². The first-order valence-corrected chi connectivity index (χ1v) is 10.6. The van der Waals surface area contributed by atoms with Crippen molar-refractivity contribution in [2.75, 3.05) is 27.2 Å². The largest absolute Gasteiger partial charge is 0.497 e. The molecule has 0 fully saturated rings. The van der Waals surface area contributed by atoms with Crippen LogP contribution < -0.4 is 10.1 Å². The van der Waals surface area contributed by atoms with E-state index in [-0.39, 0.29) is 24.5 Å². The lowest BCUT2D eigenvalue weighted by Gasteiger charge is -2.25. The molecule has 0 aromatic heterocycles. The average molecular weight is 443 g/mol. The standard InChI is InChI=1S/C23H27ClN4O3/c1-4-12-25-23(30)27(2)15-22(29)28-21(16-8-10-18(24)11-9-16)14-20(26-28)17-6-5-7-19(13-17)31-3/h5-11,13,21H,4,12,14-15H2,1-3H3,(H,25,30). The summed E-state index contributed by atoms with van der Waals surface area (Å²) in [5.74, 6) is 0.465. The van der Waals surface area contributed by atoms with Gasteiger partial charge in [0.1, 0.15) is 12.3 Å². The Hall–Kier alpha value is -3.06. The number of carbonyl (C=O) groups excluding carboxylic acids is 2. The van der Waals surface area contributed by atoms with Gasteiger partial charge in [0, 0.05) is 30.6 Å². The summed E-state index contributed by atoms with van der Waals surface area (Å²) in [5.41, 5.74) is 2.60. The maximum absolute atomic E-state index is 13.1. The van der Waals surface area contributed by atoms with E-state index in [1.807, 2.05) is 43.3 Å². The van der Waals surface area contributed by atoms with Crippen LogP contribution >= 0.6 is 11.6 Å². The highest BCUT2D eigenvalue weighted by Gasteiger charge is 2.34. The number of likely N-dealkylation sites (N-methyl/N-ethyl adjacent to an activating group) is 1. The molecule has 1 N–H and O–H groups in total. The molecule has 0 saturated heterocycles. The van der Waals surface area contributed by atoms with Crippen molar-refractivity contribution in [2.45, 2.75) is 25.8 Å². The lowest BCUT2D eigenvalue weighted by Crippen LogP contribution is -2.43. The zero-order valence-electron chi connectivity index (χ0n) is 18.0. The third-order valence-electron chi connectivity index (χ3n) is 5.07. The molecule has 0 saturated carbocycles. The molecule has 0 spiro atoms. The Bertz CT molecular complexity index is 962. The Balaban J connectivity index is 1.85. The van der Waals surface area contributed by atoms with Crippen molar-refractivity contribution in [1.29, 1.82) is 0 Å². The first kappa shape index (κ1) is 22.6. The number of amides is 3. The van der Waals surface area contributed by atoms with Gasteiger partial charge in [0.05, 0.1) is 18.9 Å². The van der Waals surface area contributed by atoms with E-state index in [9.17, 15) is 9.59 Å². The fraction of sp³-hybridized carbons (Fsp3) is 0.348. The summed E-state index contributed by atoms with van der Waals surface area (Å²) in [5, 5.41) is 9.52. The molecule has 1 atom stereocenters. The molecule has 1 heterocycles. The second kappa shape index (κ2) is 10.3. The van der Waals surface area contributed by atoms with Crippen LogP contribution in [0.3, 0.4) is 0 Å². The molecular formula is C23H27ClN4O3. The maximum Gasteiger partial charge on any atom is 0.317 e. The van der Waals surface area contributed by atoms with E-state index in [1.54, 1.807) is 26.3 Å². The minimum atomic E-state index is -0.283. The highest BCUT2D eigenvalue weighted by Crippen LogP contribution is 2.34. The molecule has 8 heteroatoms. The van der Waals surface area contributed by atoms with E-state index in [0.717, 1.165) is 29.0 Å². The molecule has 7 nitrogen and oxygen atoms in total. The molecule has 0 radical (unpaired) electrons. The predicted molar refractivity (Wildman–Crippen MR) is 122 cm³/mol. The molecule has 3 amide bonds. The van der Waals surface area contributed by atoms with Crippen LogP contribution in [0, 0.1) is 0 Å². The summed E-state index contributed by atoms with van der Waals surface area (Å²) in [6.07, 6.45) is 1.37. The minimum Gasteiger partial charge on any atom is -0.497 e. The minimum absolute atomic E-state index is 0.0749. The van der Waals surface area contributed by atoms with Gasteiger partial charge in [-0.15, -0.1) is 0 Å². The summed E-state index contributed by atoms with van der Waals surface area (Å²) in [7, 11) is 3.21. The molecule has 1 aliphatic heterocycles. The number of halogens is 1.